The van der Waals surface area contributed by atoms with Gasteiger partial charge < -0.3 is 15.4 Å². The van der Waals surface area contributed by atoms with Gasteiger partial charge in [-0.3, -0.25) is 9.59 Å². The monoisotopic (exact) mass is 276 g/mol. The molecule has 1 fully saturated rings. The van der Waals surface area contributed by atoms with Gasteiger partial charge in [0.05, 0.1) is 6.61 Å². The van der Waals surface area contributed by atoms with E-state index >= 15 is 0 Å². The number of aryl methyl sites for hydroxylation is 1. The van der Waals surface area contributed by atoms with Crippen LogP contribution in [0.5, 0.6) is 0 Å². The van der Waals surface area contributed by atoms with Crippen molar-refractivity contribution < 1.29 is 14.3 Å². The van der Waals surface area contributed by atoms with Crippen molar-refractivity contribution in [3.8, 4) is 0 Å². The number of hydrogen-bond acceptors (Lipinski definition) is 3. The van der Waals surface area contributed by atoms with Gasteiger partial charge in [0, 0.05) is 18.7 Å². The molecular weight excluding hydrogens is 256 g/mol. The molecule has 1 heterocycles. The Bertz CT molecular complexity index is 471. The fraction of sp³-hybridized carbons (Fsp3) is 0.467. The second kappa shape index (κ2) is 7.05. The van der Waals surface area contributed by atoms with Crippen LogP contribution in [0.3, 0.4) is 0 Å². The van der Waals surface area contributed by atoms with E-state index in [2.05, 4.69) is 0 Å². The molecule has 1 aromatic rings. The number of primary amides is 1. The molecule has 5 nitrogen and oxygen atoms in total. The van der Waals surface area contributed by atoms with Gasteiger partial charge in [0.25, 0.3) is 5.91 Å². The average molecular weight is 276 g/mol. The molecular formula is C15H20N2O3. The van der Waals surface area contributed by atoms with Gasteiger partial charge in [0.2, 0.25) is 5.91 Å². The van der Waals surface area contributed by atoms with E-state index in [0.717, 1.165) is 24.9 Å². The Labute approximate surface area is 118 Å². The minimum Gasteiger partial charge on any atom is -0.370 e. The first-order chi connectivity index (χ1) is 9.66. The summed E-state index contributed by atoms with van der Waals surface area (Å²) in [4.78, 5) is 24.1. The van der Waals surface area contributed by atoms with Crippen LogP contribution in [0.4, 0.5) is 5.69 Å². The van der Waals surface area contributed by atoms with E-state index in [-0.39, 0.29) is 18.4 Å². The number of anilines is 1. The molecule has 108 valence electrons. The van der Waals surface area contributed by atoms with Crippen molar-refractivity contribution in [3.63, 3.8) is 0 Å². The molecule has 1 saturated heterocycles. The number of hydrogen-bond donors (Lipinski definition) is 1. The minimum absolute atomic E-state index is 0.00505. The highest BCUT2D eigenvalue weighted by molar-refractivity contribution is 5.94. The third-order valence-electron chi connectivity index (χ3n) is 3.37. The van der Waals surface area contributed by atoms with E-state index in [1.165, 1.54) is 5.56 Å². The van der Waals surface area contributed by atoms with E-state index in [9.17, 15) is 9.59 Å². The van der Waals surface area contributed by atoms with Crippen molar-refractivity contribution in [1.29, 1.82) is 0 Å². The summed E-state index contributed by atoms with van der Waals surface area (Å²) < 4.78 is 5.11. The number of nitrogens with two attached hydrogens (primary N) is 1. The molecule has 1 aliphatic heterocycles. The number of amides is 2. The number of unbranched alkanes of at least 4 members (excludes halogenated alkanes) is 1. The number of rotatable bonds is 6. The molecule has 20 heavy (non-hydrogen) atoms. The zero-order chi connectivity index (χ0) is 14.4. The van der Waals surface area contributed by atoms with Crippen LogP contribution in [0.15, 0.2) is 24.3 Å². The molecule has 2 rings (SSSR count). The summed E-state index contributed by atoms with van der Waals surface area (Å²) in [7, 11) is 0. The summed E-state index contributed by atoms with van der Waals surface area (Å²) >= 11 is 0. The van der Waals surface area contributed by atoms with Crippen LogP contribution in [-0.4, -0.2) is 31.6 Å². The lowest BCUT2D eigenvalue weighted by molar-refractivity contribution is -0.125. The van der Waals surface area contributed by atoms with Gasteiger partial charge >= 0.3 is 0 Å². The van der Waals surface area contributed by atoms with Crippen molar-refractivity contribution in [2.45, 2.75) is 25.7 Å². The van der Waals surface area contributed by atoms with Gasteiger partial charge in [-0.05, 0) is 37.0 Å². The maximum Gasteiger partial charge on any atom is 0.253 e. The third-order valence-corrected chi connectivity index (χ3v) is 3.37. The summed E-state index contributed by atoms with van der Waals surface area (Å²) in [6.07, 6.45) is 3.13. The minimum atomic E-state index is -0.244. The van der Waals surface area contributed by atoms with E-state index in [1.54, 1.807) is 4.90 Å². The first-order valence-corrected chi connectivity index (χ1v) is 6.92. The Kier molecular flexibility index (Phi) is 5.12. The fourth-order valence-corrected chi connectivity index (χ4v) is 2.26. The molecule has 1 aliphatic rings. The zero-order valence-electron chi connectivity index (χ0n) is 11.5. The zero-order valence-corrected chi connectivity index (χ0v) is 11.5. The van der Waals surface area contributed by atoms with Crippen LogP contribution in [0.25, 0.3) is 0 Å². The molecule has 0 saturated carbocycles. The number of carbonyl (C=O) groups is 2. The molecule has 0 aliphatic carbocycles. The highest BCUT2D eigenvalue weighted by Gasteiger charge is 2.19. The first kappa shape index (κ1) is 14.5. The third kappa shape index (κ3) is 4.06. The Hall–Kier alpha value is -1.88. The lowest BCUT2D eigenvalue weighted by Crippen LogP contribution is -2.41. The van der Waals surface area contributed by atoms with Crippen LogP contribution in [0.2, 0.25) is 0 Å². The quantitative estimate of drug-likeness (QED) is 0.795. The van der Waals surface area contributed by atoms with Crippen molar-refractivity contribution in [2.24, 2.45) is 5.73 Å². The summed E-state index contributed by atoms with van der Waals surface area (Å²) in [5.74, 6) is -0.239. The highest BCUT2D eigenvalue weighted by atomic mass is 16.5. The van der Waals surface area contributed by atoms with Crippen LogP contribution < -0.4 is 10.6 Å². The van der Waals surface area contributed by atoms with Gasteiger partial charge in [-0.15, -0.1) is 0 Å². The van der Waals surface area contributed by atoms with Gasteiger partial charge in [0.1, 0.15) is 6.61 Å². The molecule has 0 radical (unpaired) electrons. The number of nitrogens with zero attached hydrogens (tertiary/aromatic N) is 1. The van der Waals surface area contributed by atoms with Gasteiger partial charge in [0.15, 0.2) is 0 Å². The van der Waals surface area contributed by atoms with Crippen molar-refractivity contribution in [1.82, 2.24) is 0 Å². The van der Waals surface area contributed by atoms with Gasteiger partial charge in [-0.1, -0.05) is 12.1 Å². The summed E-state index contributed by atoms with van der Waals surface area (Å²) in [6.45, 7) is 1.35. The molecule has 2 N–H and O–H groups in total. The topological polar surface area (TPSA) is 72.6 Å². The maximum atomic E-state index is 11.7. The molecule has 0 unspecified atom stereocenters. The number of morpholine rings is 1. The average Bonchev–Trinajstić information content (AvgIpc) is 2.45. The lowest BCUT2D eigenvalue weighted by Gasteiger charge is -2.26. The molecule has 0 bridgehead atoms. The lowest BCUT2D eigenvalue weighted by atomic mass is 10.1. The Morgan fingerprint density at radius 3 is 2.65 bits per heavy atom. The molecule has 1 aromatic carbocycles. The maximum absolute atomic E-state index is 11.7. The predicted octanol–water partition coefficient (Wildman–Crippen LogP) is 1.25. The van der Waals surface area contributed by atoms with E-state index in [4.69, 9.17) is 10.5 Å². The summed E-state index contributed by atoms with van der Waals surface area (Å²) in [6, 6.07) is 7.99. The molecule has 2 amide bonds. The predicted molar refractivity (Wildman–Crippen MR) is 76.4 cm³/mol. The normalized spacial score (nSPS) is 15.4. The van der Waals surface area contributed by atoms with Crippen LogP contribution in [0, 0.1) is 0 Å². The van der Waals surface area contributed by atoms with E-state index in [0.29, 0.717) is 19.6 Å². The van der Waals surface area contributed by atoms with Crippen molar-refractivity contribution >= 4 is 17.5 Å². The molecule has 0 aromatic heterocycles. The number of benzene rings is 1. The van der Waals surface area contributed by atoms with E-state index < -0.39 is 0 Å². The van der Waals surface area contributed by atoms with Crippen LogP contribution in [-0.2, 0) is 20.7 Å². The van der Waals surface area contributed by atoms with E-state index in [1.807, 2.05) is 24.3 Å². The number of ether oxygens (including phenoxy) is 1. The smallest absolute Gasteiger partial charge is 0.253 e. The van der Waals surface area contributed by atoms with Crippen LogP contribution >= 0.6 is 0 Å². The SMILES string of the molecule is NC(=O)CCCCc1ccc(N2CCOCC2=O)cc1. The second-order valence-electron chi connectivity index (χ2n) is 4.94. The Morgan fingerprint density at radius 2 is 2.00 bits per heavy atom. The second-order valence-corrected chi connectivity index (χ2v) is 4.94. The molecule has 0 spiro atoms. The molecule has 0 atom stereocenters. The van der Waals surface area contributed by atoms with Crippen molar-refractivity contribution in [2.75, 3.05) is 24.7 Å². The van der Waals surface area contributed by atoms with Crippen molar-refractivity contribution in [3.05, 3.63) is 29.8 Å². The molecule has 5 heteroatoms. The Morgan fingerprint density at radius 1 is 1.25 bits per heavy atom. The largest absolute Gasteiger partial charge is 0.370 e. The first-order valence-electron chi connectivity index (χ1n) is 6.92. The summed E-state index contributed by atoms with van der Waals surface area (Å²) in [5, 5.41) is 0. The summed E-state index contributed by atoms with van der Waals surface area (Å²) in [5.41, 5.74) is 7.22. The highest BCUT2D eigenvalue weighted by Crippen LogP contribution is 2.18. The Balaban J connectivity index is 1.86. The number of carbonyl (C=O) groups excluding carboxylic acids is 2. The van der Waals surface area contributed by atoms with Crippen LogP contribution in [0.1, 0.15) is 24.8 Å². The standard InChI is InChI=1S/C15H20N2O3/c16-14(18)4-2-1-3-12-5-7-13(8-6-12)17-9-10-20-11-15(17)19/h5-8H,1-4,9-11H2,(H2,16,18). The van der Waals surface area contributed by atoms with Gasteiger partial charge in [-0.2, -0.15) is 0 Å². The fourth-order valence-electron chi connectivity index (χ4n) is 2.26. The van der Waals surface area contributed by atoms with Gasteiger partial charge in [-0.25, -0.2) is 0 Å².